The Labute approximate surface area is 149 Å². The van der Waals surface area contributed by atoms with Crippen LogP contribution >= 0.6 is 0 Å². The van der Waals surface area contributed by atoms with E-state index in [9.17, 15) is 0 Å². The molecule has 120 valence electrons. The first-order valence-corrected chi connectivity index (χ1v) is 8.63. The minimum absolute atomic E-state index is 1.25. The molecule has 0 aliphatic carbocycles. The molecule has 0 bridgehead atoms. The van der Waals surface area contributed by atoms with Crippen LogP contribution in [0.4, 0.5) is 0 Å². The zero-order valence-corrected chi connectivity index (χ0v) is 14.3. The Morgan fingerprint density at radius 3 is 1.56 bits per heavy atom. The van der Waals surface area contributed by atoms with Gasteiger partial charge in [-0.15, -0.1) is 0 Å². The van der Waals surface area contributed by atoms with Gasteiger partial charge in [-0.3, -0.25) is 0 Å². The summed E-state index contributed by atoms with van der Waals surface area (Å²) in [6.07, 6.45) is 0. The molecule has 0 spiro atoms. The molecule has 0 amide bonds. The molecule has 0 aliphatic heterocycles. The number of aryl methyl sites for hydroxylation is 1. The van der Waals surface area contributed by atoms with Gasteiger partial charge in [0.15, 0.2) is 0 Å². The Kier molecular flexibility index (Phi) is 4.18. The third-order valence-electron chi connectivity index (χ3n) is 4.57. The summed E-state index contributed by atoms with van der Waals surface area (Å²) in [5, 5.41) is 0. The van der Waals surface area contributed by atoms with Gasteiger partial charge in [0.05, 0.1) is 0 Å². The lowest BCUT2D eigenvalue weighted by molar-refractivity contribution is 1.47. The monoisotopic (exact) mass is 320 g/mol. The maximum absolute atomic E-state index is 2.31. The van der Waals surface area contributed by atoms with Crippen LogP contribution in [-0.4, -0.2) is 0 Å². The lowest BCUT2D eigenvalue weighted by atomic mass is 9.91. The summed E-state index contributed by atoms with van der Waals surface area (Å²) in [7, 11) is 0. The molecule has 0 heterocycles. The maximum Gasteiger partial charge on any atom is -0.00992 e. The van der Waals surface area contributed by atoms with Crippen molar-refractivity contribution in [2.75, 3.05) is 0 Å². The SMILES string of the molecule is Cc1ccc(-c2cc(-c3ccccc3)ccc2-c2ccccc2)cc1. The highest BCUT2D eigenvalue weighted by Crippen LogP contribution is 2.35. The van der Waals surface area contributed by atoms with Crippen molar-refractivity contribution in [1.82, 2.24) is 0 Å². The second-order valence-electron chi connectivity index (χ2n) is 6.36. The average molecular weight is 320 g/mol. The summed E-state index contributed by atoms with van der Waals surface area (Å²) < 4.78 is 0. The summed E-state index contributed by atoms with van der Waals surface area (Å²) in [5.74, 6) is 0. The van der Waals surface area contributed by atoms with Crippen LogP contribution in [0.15, 0.2) is 103 Å². The number of rotatable bonds is 3. The van der Waals surface area contributed by atoms with Crippen molar-refractivity contribution < 1.29 is 0 Å². The van der Waals surface area contributed by atoms with Crippen LogP contribution in [0.2, 0.25) is 0 Å². The van der Waals surface area contributed by atoms with Crippen LogP contribution in [0.5, 0.6) is 0 Å². The third kappa shape index (κ3) is 3.25. The van der Waals surface area contributed by atoms with Gasteiger partial charge in [-0.2, -0.15) is 0 Å². The average Bonchev–Trinajstić information content (AvgIpc) is 2.69. The smallest absolute Gasteiger partial charge is 0.00992 e. The molecule has 0 nitrogen and oxygen atoms in total. The molecule has 4 aromatic rings. The van der Waals surface area contributed by atoms with E-state index in [4.69, 9.17) is 0 Å². The Bertz CT molecular complexity index is 965. The van der Waals surface area contributed by atoms with Crippen molar-refractivity contribution in [1.29, 1.82) is 0 Å². The molecule has 0 N–H and O–H groups in total. The van der Waals surface area contributed by atoms with Crippen LogP contribution in [0.1, 0.15) is 5.56 Å². The fraction of sp³-hybridized carbons (Fsp3) is 0.0400. The normalized spacial score (nSPS) is 10.6. The molecule has 0 atom stereocenters. The first kappa shape index (κ1) is 15.4. The van der Waals surface area contributed by atoms with E-state index >= 15 is 0 Å². The molecule has 0 heteroatoms. The van der Waals surface area contributed by atoms with Gasteiger partial charge < -0.3 is 0 Å². The first-order chi connectivity index (χ1) is 12.3. The molecule has 25 heavy (non-hydrogen) atoms. The molecule has 4 rings (SSSR count). The summed E-state index contributed by atoms with van der Waals surface area (Å²) in [6, 6.07) is 36.7. The number of hydrogen-bond acceptors (Lipinski definition) is 0. The van der Waals surface area contributed by atoms with Gasteiger partial charge in [0.25, 0.3) is 0 Å². The largest absolute Gasteiger partial charge is 0.0622 e. The molecular formula is C25H20. The molecule has 0 saturated heterocycles. The Balaban J connectivity index is 1.91. The van der Waals surface area contributed by atoms with Crippen molar-refractivity contribution in [3.8, 4) is 33.4 Å². The second-order valence-corrected chi connectivity index (χ2v) is 6.36. The van der Waals surface area contributed by atoms with E-state index in [0.717, 1.165) is 0 Å². The standard InChI is InChI=1S/C25H20/c1-19-12-14-22(15-13-19)25-18-23(20-8-4-2-5-9-20)16-17-24(25)21-10-6-3-7-11-21/h2-18H,1H3. The highest BCUT2D eigenvalue weighted by Gasteiger charge is 2.09. The number of benzene rings is 4. The third-order valence-corrected chi connectivity index (χ3v) is 4.57. The minimum atomic E-state index is 1.25. The minimum Gasteiger partial charge on any atom is -0.0622 e. The van der Waals surface area contributed by atoms with Crippen molar-refractivity contribution in [3.05, 3.63) is 109 Å². The van der Waals surface area contributed by atoms with Crippen LogP contribution in [0, 0.1) is 6.92 Å². The summed E-state index contributed by atoms with van der Waals surface area (Å²) in [5.41, 5.74) is 8.81. The van der Waals surface area contributed by atoms with E-state index in [0.29, 0.717) is 0 Å². The molecular weight excluding hydrogens is 300 g/mol. The fourth-order valence-electron chi connectivity index (χ4n) is 3.20. The molecule has 0 saturated carbocycles. The van der Waals surface area contributed by atoms with E-state index in [-0.39, 0.29) is 0 Å². The van der Waals surface area contributed by atoms with Crippen molar-refractivity contribution in [3.63, 3.8) is 0 Å². The van der Waals surface area contributed by atoms with Crippen molar-refractivity contribution in [2.45, 2.75) is 6.92 Å². The van der Waals surface area contributed by atoms with E-state index in [1.807, 2.05) is 0 Å². The van der Waals surface area contributed by atoms with Crippen LogP contribution in [0.25, 0.3) is 33.4 Å². The molecule has 0 radical (unpaired) electrons. The molecule has 0 unspecified atom stereocenters. The topological polar surface area (TPSA) is 0 Å². The highest BCUT2D eigenvalue weighted by atomic mass is 14.1. The van der Waals surface area contributed by atoms with E-state index in [1.165, 1.54) is 38.9 Å². The van der Waals surface area contributed by atoms with Crippen molar-refractivity contribution in [2.24, 2.45) is 0 Å². The first-order valence-electron chi connectivity index (χ1n) is 8.63. The van der Waals surface area contributed by atoms with Crippen molar-refractivity contribution >= 4 is 0 Å². The van der Waals surface area contributed by atoms with Gasteiger partial charge >= 0.3 is 0 Å². The van der Waals surface area contributed by atoms with Gasteiger partial charge in [-0.25, -0.2) is 0 Å². The Hall–Kier alpha value is -3.12. The second kappa shape index (κ2) is 6.78. The van der Waals surface area contributed by atoms with Gasteiger partial charge in [-0.1, -0.05) is 103 Å². The van der Waals surface area contributed by atoms with E-state index < -0.39 is 0 Å². The zero-order chi connectivity index (χ0) is 17.1. The fourth-order valence-corrected chi connectivity index (χ4v) is 3.20. The van der Waals surface area contributed by atoms with E-state index in [1.54, 1.807) is 0 Å². The lowest BCUT2D eigenvalue weighted by Gasteiger charge is -2.13. The summed E-state index contributed by atoms with van der Waals surface area (Å²) in [6.45, 7) is 2.13. The molecule has 4 aromatic carbocycles. The van der Waals surface area contributed by atoms with E-state index in [2.05, 4.69) is 110 Å². The molecule has 0 aromatic heterocycles. The quantitative estimate of drug-likeness (QED) is 0.381. The predicted molar refractivity (Wildman–Crippen MR) is 107 cm³/mol. The summed E-state index contributed by atoms with van der Waals surface area (Å²) in [4.78, 5) is 0. The highest BCUT2D eigenvalue weighted by molar-refractivity contribution is 5.87. The van der Waals surface area contributed by atoms with Gasteiger partial charge in [0.1, 0.15) is 0 Å². The van der Waals surface area contributed by atoms with Crippen LogP contribution < -0.4 is 0 Å². The Morgan fingerprint density at radius 1 is 0.400 bits per heavy atom. The summed E-state index contributed by atoms with van der Waals surface area (Å²) >= 11 is 0. The molecule has 0 fully saturated rings. The number of hydrogen-bond donors (Lipinski definition) is 0. The zero-order valence-electron chi connectivity index (χ0n) is 14.3. The molecule has 0 aliphatic rings. The Morgan fingerprint density at radius 2 is 0.920 bits per heavy atom. The lowest BCUT2D eigenvalue weighted by Crippen LogP contribution is -1.88. The van der Waals surface area contributed by atoms with Gasteiger partial charge in [0.2, 0.25) is 0 Å². The predicted octanol–water partition coefficient (Wildman–Crippen LogP) is 7.00. The maximum atomic E-state index is 2.31. The van der Waals surface area contributed by atoms with Crippen LogP contribution in [0.3, 0.4) is 0 Å². The van der Waals surface area contributed by atoms with Gasteiger partial charge in [-0.05, 0) is 46.4 Å². The van der Waals surface area contributed by atoms with Gasteiger partial charge in [0, 0.05) is 0 Å². The van der Waals surface area contributed by atoms with Crippen LogP contribution in [-0.2, 0) is 0 Å².